The summed E-state index contributed by atoms with van der Waals surface area (Å²) in [6.07, 6.45) is 1.11. The third-order valence-electron chi connectivity index (χ3n) is 3.47. The molecule has 0 saturated carbocycles. The SMILES string of the molecule is CC1(C)NC(=O)CCN(CCc2ccc(Cl)cc2)C1=O. The Morgan fingerprint density at radius 3 is 2.55 bits per heavy atom. The number of halogens is 1. The minimum atomic E-state index is -0.826. The van der Waals surface area contributed by atoms with E-state index >= 15 is 0 Å². The first-order chi connectivity index (χ1) is 9.38. The highest BCUT2D eigenvalue weighted by Gasteiger charge is 2.36. The van der Waals surface area contributed by atoms with Crippen LogP contribution in [0.5, 0.6) is 0 Å². The second-order valence-electron chi connectivity index (χ2n) is 5.59. The molecule has 108 valence electrons. The normalized spacial score (nSPS) is 18.6. The van der Waals surface area contributed by atoms with Gasteiger partial charge in [-0.3, -0.25) is 9.59 Å². The summed E-state index contributed by atoms with van der Waals surface area (Å²) in [6, 6.07) is 7.60. The second kappa shape index (κ2) is 5.83. The molecule has 0 radical (unpaired) electrons. The van der Waals surface area contributed by atoms with Crippen molar-refractivity contribution in [3.63, 3.8) is 0 Å². The van der Waals surface area contributed by atoms with Gasteiger partial charge in [0, 0.05) is 24.5 Å². The van der Waals surface area contributed by atoms with E-state index in [2.05, 4.69) is 5.32 Å². The third-order valence-corrected chi connectivity index (χ3v) is 3.72. The Bertz CT molecular complexity index is 511. The number of amides is 2. The van der Waals surface area contributed by atoms with E-state index in [4.69, 9.17) is 11.6 Å². The summed E-state index contributed by atoms with van der Waals surface area (Å²) in [6.45, 7) is 4.57. The first kappa shape index (κ1) is 14.9. The van der Waals surface area contributed by atoms with Crippen LogP contribution in [0.3, 0.4) is 0 Å². The number of nitrogens with zero attached hydrogens (tertiary/aromatic N) is 1. The summed E-state index contributed by atoms with van der Waals surface area (Å²) in [5.74, 6) is -0.102. The quantitative estimate of drug-likeness (QED) is 0.927. The van der Waals surface area contributed by atoms with Crippen molar-refractivity contribution in [2.24, 2.45) is 0 Å². The van der Waals surface area contributed by atoms with Crippen LogP contribution >= 0.6 is 11.6 Å². The van der Waals surface area contributed by atoms with Gasteiger partial charge in [0.15, 0.2) is 0 Å². The zero-order chi connectivity index (χ0) is 14.8. The maximum Gasteiger partial charge on any atom is 0.247 e. The van der Waals surface area contributed by atoms with Crippen molar-refractivity contribution in [2.75, 3.05) is 13.1 Å². The van der Waals surface area contributed by atoms with Gasteiger partial charge in [0.05, 0.1) is 0 Å². The molecule has 5 heteroatoms. The van der Waals surface area contributed by atoms with Crippen LogP contribution in [-0.4, -0.2) is 35.3 Å². The lowest BCUT2D eigenvalue weighted by atomic mass is 10.0. The molecule has 1 saturated heterocycles. The topological polar surface area (TPSA) is 49.4 Å². The van der Waals surface area contributed by atoms with Crippen molar-refractivity contribution in [1.29, 1.82) is 0 Å². The Hall–Kier alpha value is -1.55. The summed E-state index contributed by atoms with van der Waals surface area (Å²) in [5, 5.41) is 3.46. The monoisotopic (exact) mass is 294 g/mol. The van der Waals surface area contributed by atoms with E-state index in [1.807, 2.05) is 24.3 Å². The Morgan fingerprint density at radius 1 is 1.25 bits per heavy atom. The van der Waals surface area contributed by atoms with Crippen molar-refractivity contribution in [2.45, 2.75) is 32.2 Å². The molecule has 0 bridgehead atoms. The van der Waals surface area contributed by atoms with Gasteiger partial charge >= 0.3 is 0 Å². The zero-order valence-electron chi connectivity index (χ0n) is 11.8. The van der Waals surface area contributed by atoms with Crippen LogP contribution in [0.1, 0.15) is 25.8 Å². The largest absolute Gasteiger partial charge is 0.342 e. The molecule has 20 heavy (non-hydrogen) atoms. The molecule has 1 aromatic rings. The van der Waals surface area contributed by atoms with Crippen LogP contribution in [0, 0.1) is 0 Å². The van der Waals surface area contributed by atoms with Crippen molar-refractivity contribution in [3.8, 4) is 0 Å². The predicted octanol–water partition coefficient (Wildman–Crippen LogP) is 2.01. The lowest BCUT2D eigenvalue weighted by molar-refractivity contribution is -0.137. The number of benzene rings is 1. The zero-order valence-corrected chi connectivity index (χ0v) is 12.5. The molecule has 1 aromatic carbocycles. The molecule has 0 atom stereocenters. The van der Waals surface area contributed by atoms with Crippen molar-refractivity contribution >= 4 is 23.4 Å². The summed E-state index contributed by atoms with van der Waals surface area (Å²) < 4.78 is 0. The summed E-state index contributed by atoms with van der Waals surface area (Å²) >= 11 is 5.85. The van der Waals surface area contributed by atoms with Gasteiger partial charge in [-0.1, -0.05) is 23.7 Å². The maximum absolute atomic E-state index is 12.4. The molecule has 1 fully saturated rings. The van der Waals surface area contributed by atoms with E-state index < -0.39 is 5.54 Å². The van der Waals surface area contributed by atoms with E-state index in [-0.39, 0.29) is 11.8 Å². The summed E-state index contributed by atoms with van der Waals surface area (Å²) in [5.41, 5.74) is 0.302. The maximum atomic E-state index is 12.4. The van der Waals surface area contributed by atoms with E-state index in [0.717, 1.165) is 12.0 Å². The van der Waals surface area contributed by atoms with Gasteiger partial charge < -0.3 is 10.2 Å². The van der Waals surface area contributed by atoms with Crippen LogP contribution < -0.4 is 5.32 Å². The standard InChI is InChI=1S/C15H19ClN2O2/c1-15(2)14(20)18(10-8-13(19)17-15)9-7-11-3-5-12(16)6-4-11/h3-6H,7-10H2,1-2H3,(H,17,19). The fourth-order valence-electron chi connectivity index (χ4n) is 2.33. The van der Waals surface area contributed by atoms with Gasteiger partial charge in [0.25, 0.3) is 0 Å². The van der Waals surface area contributed by atoms with Crippen molar-refractivity contribution in [3.05, 3.63) is 34.9 Å². The van der Waals surface area contributed by atoms with Crippen LogP contribution in [0.2, 0.25) is 5.02 Å². The predicted molar refractivity (Wildman–Crippen MR) is 78.6 cm³/mol. The van der Waals surface area contributed by atoms with Gasteiger partial charge in [-0.05, 0) is 38.0 Å². The highest BCUT2D eigenvalue weighted by molar-refractivity contribution is 6.30. The summed E-state index contributed by atoms with van der Waals surface area (Å²) in [4.78, 5) is 25.7. The van der Waals surface area contributed by atoms with Crippen molar-refractivity contribution in [1.82, 2.24) is 10.2 Å². The minimum Gasteiger partial charge on any atom is -0.342 e. The molecule has 0 aromatic heterocycles. The van der Waals surface area contributed by atoms with Crippen LogP contribution in [0.15, 0.2) is 24.3 Å². The number of rotatable bonds is 3. The number of carbonyl (C=O) groups is 2. The highest BCUT2D eigenvalue weighted by Crippen LogP contribution is 2.15. The van der Waals surface area contributed by atoms with E-state index in [9.17, 15) is 9.59 Å². The first-order valence-electron chi connectivity index (χ1n) is 6.73. The fraction of sp³-hybridized carbons (Fsp3) is 0.467. The van der Waals surface area contributed by atoms with E-state index in [1.54, 1.807) is 18.7 Å². The van der Waals surface area contributed by atoms with Crippen LogP contribution in [0.4, 0.5) is 0 Å². The first-order valence-corrected chi connectivity index (χ1v) is 7.11. The minimum absolute atomic E-state index is 0.0303. The molecule has 4 nitrogen and oxygen atoms in total. The number of hydrogen-bond acceptors (Lipinski definition) is 2. The molecule has 1 aliphatic heterocycles. The average Bonchev–Trinajstić information content (AvgIpc) is 2.48. The van der Waals surface area contributed by atoms with Gasteiger partial charge in [-0.15, -0.1) is 0 Å². The van der Waals surface area contributed by atoms with Crippen LogP contribution in [0.25, 0.3) is 0 Å². The highest BCUT2D eigenvalue weighted by atomic mass is 35.5. The number of nitrogens with one attached hydrogen (secondary N) is 1. The molecule has 0 aliphatic carbocycles. The van der Waals surface area contributed by atoms with Crippen molar-refractivity contribution < 1.29 is 9.59 Å². The molecule has 2 amide bonds. The third kappa shape index (κ3) is 3.51. The molecule has 1 N–H and O–H groups in total. The lowest BCUT2D eigenvalue weighted by Crippen LogP contribution is -2.53. The van der Waals surface area contributed by atoms with Gasteiger partial charge in [-0.25, -0.2) is 0 Å². The smallest absolute Gasteiger partial charge is 0.247 e. The Balaban J connectivity index is 2.02. The summed E-state index contributed by atoms with van der Waals surface area (Å²) in [7, 11) is 0. The number of hydrogen-bond donors (Lipinski definition) is 1. The molecular formula is C15H19ClN2O2. The average molecular weight is 295 g/mol. The molecular weight excluding hydrogens is 276 g/mol. The van der Waals surface area contributed by atoms with E-state index in [1.165, 1.54) is 0 Å². The number of carbonyl (C=O) groups excluding carboxylic acids is 2. The van der Waals surface area contributed by atoms with E-state index in [0.29, 0.717) is 24.5 Å². The molecule has 2 rings (SSSR count). The van der Waals surface area contributed by atoms with Gasteiger partial charge in [0.2, 0.25) is 11.8 Å². The van der Waals surface area contributed by atoms with Crippen LogP contribution in [-0.2, 0) is 16.0 Å². The van der Waals surface area contributed by atoms with Gasteiger partial charge in [0.1, 0.15) is 5.54 Å². The Labute approximate surface area is 124 Å². The molecule has 0 unspecified atom stereocenters. The fourth-order valence-corrected chi connectivity index (χ4v) is 2.45. The lowest BCUT2D eigenvalue weighted by Gasteiger charge is -2.28. The Kier molecular flexibility index (Phi) is 4.33. The second-order valence-corrected chi connectivity index (χ2v) is 6.03. The Morgan fingerprint density at radius 2 is 1.90 bits per heavy atom. The van der Waals surface area contributed by atoms with Gasteiger partial charge in [-0.2, -0.15) is 0 Å². The molecule has 0 spiro atoms. The molecule has 1 heterocycles. The molecule has 1 aliphatic rings.